The first-order valence-corrected chi connectivity index (χ1v) is 12.1. The molecule has 0 atom stereocenters. The Hall–Kier alpha value is -3.64. The van der Waals surface area contributed by atoms with Crippen LogP contribution in [0.2, 0.25) is 0 Å². The first-order valence-electron chi connectivity index (χ1n) is 11.3. The molecule has 6 heteroatoms. The second-order valence-corrected chi connectivity index (χ2v) is 9.40. The molecule has 0 saturated heterocycles. The van der Waals surface area contributed by atoms with E-state index < -0.39 is 0 Å². The highest BCUT2D eigenvalue weighted by atomic mass is 32.1. The summed E-state index contributed by atoms with van der Waals surface area (Å²) in [7, 11) is 0. The topological polar surface area (TPSA) is 60.5 Å². The largest absolute Gasteiger partial charge is 0.489 e. The van der Waals surface area contributed by atoms with E-state index >= 15 is 0 Å². The summed E-state index contributed by atoms with van der Waals surface area (Å²) in [6, 6.07) is 25.9. The van der Waals surface area contributed by atoms with Crippen molar-refractivity contribution in [1.82, 2.24) is 4.98 Å². The average Bonchev–Trinajstić information content (AvgIpc) is 3.29. The zero-order valence-corrected chi connectivity index (χ0v) is 20.2. The lowest BCUT2D eigenvalue weighted by molar-refractivity contribution is -0.118. The number of carbonyl (C=O) groups excluding carboxylic acids is 1. The third kappa shape index (κ3) is 6.93. The maximum Gasteiger partial charge on any atom is 0.264 e. The molecule has 0 bridgehead atoms. The van der Waals surface area contributed by atoms with Gasteiger partial charge in [-0.1, -0.05) is 68.4 Å². The minimum Gasteiger partial charge on any atom is -0.489 e. The highest BCUT2D eigenvalue weighted by Crippen LogP contribution is 2.23. The fourth-order valence-electron chi connectivity index (χ4n) is 3.35. The van der Waals surface area contributed by atoms with E-state index in [4.69, 9.17) is 9.47 Å². The quantitative estimate of drug-likeness (QED) is 0.288. The minimum atomic E-state index is -0.244. The fraction of sp³-hybridized carbons (Fsp3) is 0.214. The van der Waals surface area contributed by atoms with Crippen LogP contribution in [-0.2, 0) is 17.8 Å². The summed E-state index contributed by atoms with van der Waals surface area (Å²) in [4.78, 5) is 17.7. The Balaban J connectivity index is 1.21. The summed E-state index contributed by atoms with van der Waals surface area (Å²) >= 11 is 1.48. The van der Waals surface area contributed by atoms with Gasteiger partial charge < -0.3 is 9.47 Å². The van der Waals surface area contributed by atoms with Gasteiger partial charge in [0.2, 0.25) is 0 Å². The molecule has 0 spiro atoms. The SMILES string of the molecule is CC(C)c1ccc(Cc2cnc(NC(=O)COc3ccc(OCc4ccccc4)cc3)s2)cc1. The molecule has 4 rings (SSSR count). The smallest absolute Gasteiger partial charge is 0.264 e. The molecular formula is C28H28N2O3S. The summed E-state index contributed by atoms with van der Waals surface area (Å²) < 4.78 is 11.4. The Bertz CT molecular complexity index is 1190. The van der Waals surface area contributed by atoms with Gasteiger partial charge in [0.1, 0.15) is 18.1 Å². The number of thiazole rings is 1. The fourth-order valence-corrected chi connectivity index (χ4v) is 4.21. The van der Waals surface area contributed by atoms with Gasteiger partial charge >= 0.3 is 0 Å². The van der Waals surface area contributed by atoms with E-state index in [1.54, 1.807) is 12.1 Å². The van der Waals surface area contributed by atoms with E-state index in [0.29, 0.717) is 23.4 Å². The minimum absolute atomic E-state index is 0.0875. The van der Waals surface area contributed by atoms with Crippen LogP contribution in [0, 0.1) is 0 Å². The maximum absolute atomic E-state index is 12.3. The maximum atomic E-state index is 12.3. The van der Waals surface area contributed by atoms with Gasteiger partial charge in [0.05, 0.1) is 0 Å². The Morgan fingerprint density at radius 1 is 0.882 bits per heavy atom. The van der Waals surface area contributed by atoms with Crippen LogP contribution >= 0.6 is 11.3 Å². The zero-order chi connectivity index (χ0) is 23.8. The van der Waals surface area contributed by atoms with Crippen molar-refractivity contribution in [2.45, 2.75) is 32.8 Å². The predicted molar refractivity (Wildman–Crippen MR) is 137 cm³/mol. The molecule has 0 saturated carbocycles. The molecule has 1 aromatic heterocycles. The van der Waals surface area contributed by atoms with E-state index in [1.807, 2.05) is 48.7 Å². The normalized spacial score (nSPS) is 10.8. The van der Waals surface area contributed by atoms with Crippen molar-refractivity contribution in [3.63, 3.8) is 0 Å². The van der Waals surface area contributed by atoms with Gasteiger partial charge in [-0.05, 0) is 46.9 Å². The highest BCUT2D eigenvalue weighted by Gasteiger charge is 2.09. The molecule has 0 aliphatic heterocycles. The molecule has 3 aromatic carbocycles. The second kappa shape index (κ2) is 11.5. The monoisotopic (exact) mass is 472 g/mol. The van der Waals surface area contributed by atoms with Crippen LogP contribution in [0.15, 0.2) is 85.1 Å². The number of hydrogen-bond acceptors (Lipinski definition) is 5. The lowest BCUT2D eigenvalue weighted by Gasteiger charge is -2.08. The Morgan fingerprint density at radius 3 is 2.24 bits per heavy atom. The van der Waals surface area contributed by atoms with Crippen molar-refractivity contribution in [2.75, 3.05) is 11.9 Å². The van der Waals surface area contributed by atoms with Crippen LogP contribution in [0.4, 0.5) is 5.13 Å². The van der Waals surface area contributed by atoms with E-state index in [0.717, 1.165) is 22.6 Å². The third-order valence-corrected chi connectivity index (χ3v) is 6.18. The van der Waals surface area contributed by atoms with Crippen LogP contribution in [0.5, 0.6) is 11.5 Å². The van der Waals surface area contributed by atoms with Gasteiger partial charge in [0, 0.05) is 17.5 Å². The summed E-state index contributed by atoms with van der Waals surface area (Å²) in [5.74, 6) is 1.63. The molecule has 1 amide bonds. The molecule has 4 aromatic rings. The number of amides is 1. The van der Waals surface area contributed by atoms with Crippen molar-refractivity contribution < 1.29 is 14.3 Å². The molecule has 5 nitrogen and oxygen atoms in total. The molecule has 0 radical (unpaired) electrons. The first-order chi connectivity index (χ1) is 16.5. The van der Waals surface area contributed by atoms with Crippen molar-refractivity contribution >= 4 is 22.4 Å². The number of ether oxygens (including phenoxy) is 2. The number of aromatic nitrogens is 1. The van der Waals surface area contributed by atoms with Gasteiger partial charge in [-0.15, -0.1) is 11.3 Å². The number of anilines is 1. The number of nitrogens with one attached hydrogen (secondary N) is 1. The van der Waals surface area contributed by atoms with Crippen molar-refractivity contribution in [3.8, 4) is 11.5 Å². The molecular weight excluding hydrogens is 444 g/mol. The summed E-state index contributed by atoms with van der Waals surface area (Å²) in [5, 5.41) is 3.39. The van der Waals surface area contributed by atoms with E-state index in [-0.39, 0.29) is 12.5 Å². The second-order valence-electron chi connectivity index (χ2n) is 8.29. The number of nitrogens with zero attached hydrogens (tertiary/aromatic N) is 1. The Kier molecular flexibility index (Phi) is 7.94. The molecule has 0 unspecified atom stereocenters. The molecule has 0 aliphatic rings. The Morgan fingerprint density at radius 2 is 1.56 bits per heavy atom. The number of rotatable bonds is 10. The standard InChI is InChI=1S/C28H28N2O3S/c1-20(2)23-10-8-21(9-11-23)16-26-17-29-28(34-26)30-27(31)19-33-25-14-12-24(13-15-25)32-18-22-6-4-3-5-7-22/h3-15,17,20H,16,18-19H2,1-2H3,(H,29,30,31). The number of hydrogen-bond donors (Lipinski definition) is 1. The Labute approximate surface area is 204 Å². The number of carbonyl (C=O) groups is 1. The van der Waals surface area contributed by atoms with Gasteiger partial charge in [0.15, 0.2) is 11.7 Å². The van der Waals surface area contributed by atoms with E-state index in [2.05, 4.69) is 48.4 Å². The molecule has 1 N–H and O–H groups in total. The molecule has 0 fully saturated rings. The molecule has 1 heterocycles. The van der Waals surface area contributed by atoms with Crippen molar-refractivity contribution in [2.24, 2.45) is 0 Å². The van der Waals surface area contributed by atoms with Crippen molar-refractivity contribution in [3.05, 3.63) is 107 Å². The van der Waals surface area contributed by atoms with E-state index in [1.165, 1.54) is 22.5 Å². The average molecular weight is 473 g/mol. The van der Waals surface area contributed by atoms with Crippen molar-refractivity contribution in [1.29, 1.82) is 0 Å². The van der Waals surface area contributed by atoms with Crippen LogP contribution in [0.25, 0.3) is 0 Å². The molecule has 34 heavy (non-hydrogen) atoms. The van der Waals surface area contributed by atoms with Crippen LogP contribution in [0.1, 0.15) is 41.3 Å². The first kappa shape index (κ1) is 23.5. The van der Waals surface area contributed by atoms with Crippen LogP contribution in [0.3, 0.4) is 0 Å². The van der Waals surface area contributed by atoms with Gasteiger partial charge in [-0.2, -0.15) is 0 Å². The zero-order valence-electron chi connectivity index (χ0n) is 19.4. The summed E-state index contributed by atoms with van der Waals surface area (Å²) in [5.41, 5.74) is 3.66. The van der Waals surface area contributed by atoms with Gasteiger partial charge in [-0.3, -0.25) is 10.1 Å². The summed E-state index contributed by atoms with van der Waals surface area (Å²) in [6.45, 7) is 4.79. The third-order valence-electron chi connectivity index (χ3n) is 5.27. The molecule has 174 valence electrons. The lowest BCUT2D eigenvalue weighted by Crippen LogP contribution is -2.19. The number of benzene rings is 3. The predicted octanol–water partition coefficient (Wildman–Crippen LogP) is 6.45. The highest BCUT2D eigenvalue weighted by molar-refractivity contribution is 7.15. The summed E-state index contributed by atoms with van der Waals surface area (Å²) in [6.07, 6.45) is 2.60. The van der Waals surface area contributed by atoms with Crippen LogP contribution < -0.4 is 14.8 Å². The lowest BCUT2D eigenvalue weighted by atomic mass is 10.0. The molecule has 0 aliphatic carbocycles. The van der Waals surface area contributed by atoms with E-state index in [9.17, 15) is 4.79 Å². The van der Waals surface area contributed by atoms with Gasteiger partial charge in [0.25, 0.3) is 5.91 Å². The van der Waals surface area contributed by atoms with Gasteiger partial charge in [-0.25, -0.2) is 4.98 Å². The van der Waals surface area contributed by atoms with Crippen LogP contribution in [-0.4, -0.2) is 17.5 Å².